The van der Waals surface area contributed by atoms with E-state index in [4.69, 9.17) is 10.5 Å². The van der Waals surface area contributed by atoms with Gasteiger partial charge in [-0.2, -0.15) is 0 Å². The van der Waals surface area contributed by atoms with Crippen LogP contribution in [0.25, 0.3) is 0 Å². The molecule has 15 heavy (non-hydrogen) atoms. The lowest BCUT2D eigenvalue weighted by Gasteiger charge is -2.15. The van der Waals surface area contributed by atoms with Gasteiger partial charge in [0.25, 0.3) is 0 Å². The lowest BCUT2D eigenvalue weighted by atomic mass is 9.95. The molecule has 2 atom stereocenters. The van der Waals surface area contributed by atoms with Crippen LogP contribution in [0.1, 0.15) is 17.2 Å². The van der Waals surface area contributed by atoms with Crippen LogP contribution in [0.4, 0.5) is 0 Å². The van der Waals surface area contributed by atoms with E-state index in [1.54, 1.807) is 7.11 Å². The molecule has 4 heteroatoms. The second kappa shape index (κ2) is 4.16. The van der Waals surface area contributed by atoms with Crippen LogP contribution in [0.5, 0.6) is 5.88 Å². The topological polar surface area (TPSA) is 60.2 Å². The molecule has 0 aliphatic carbocycles. The van der Waals surface area contributed by atoms with Crippen LogP contribution in [0.2, 0.25) is 0 Å². The number of aromatic nitrogens is 1. The van der Waals surface area contributed by atoms with Gasteiger partial charge in [-0.25, -0.2) is 4.98 Å². The summed E-state index contributed by atoms with van der Waals surface area (Å²) in [5, 5.41) is 3.29. The highest BCUT2D eigenvalue weighted by Crippen LogP contribution is 2.24. The maximum atomic E-state index is 6.03. The van der Waals surface area contributed by atoms with Crippen molar-refractivity contribution in [2.75, 3.05) is 20.2 Å². The number of aryl methyl sites for hydroxylation is 1. The Morgan fingerprint density at radius 3 is 2.87 bits per heavy atom. The number of pyridine rings is 1. The third kappa shape index (κ3) is 2.11. The van der Waals surface area contributed by atoms with Crippen molar-refractivity contribution < 1.29 is 4.74 Å². The summed E-state index contributed by atoms with van der Waals surface area (Å²) in [6, 6.07) is 4.25. The molecule has 3 N–H and O–H groups in total. The van der Waals surface area contributed by atoms with Gasteiger partial charge in [-0.15, -0.1) is 0 Å². The molecule has 2 heterocycles. The fraction of sp³-hybridized carbons (Fsp3) is 0.545. The first-order valence-electron chi connectivity index (χ1n) is 5.19. The number of nitrogens with zero attached hydrogens (tertiary/aromatic N) is 1. The molecule has 1 aromatic rings. The maximum absolute atomic E-state index is 6.03. The third-order valence-electron chi connectivity index (χ3n) is 2.85. The minimum Gasteiger partial charge on any atom is -0.481 e. The van der Waals surface area contributed by atoms with Gasteiger partial charge in [0.05, 0.1) is 7.11 Å². The summed E-state index contributed by atoms with van der Waals surface area (Å²) in [6.45, 7) is 3.79. The van der Waals surface area contributed by atoms with Crippen molar-refractivity contribution in [2.45, 2.75) is 18.9 Å². The van der Waals surface area contributed by atoms with Crippen molar-refractivity contribution in [2.24, 2.45) is 5.73 Å². The van der Waals surface area contributed by atoms with Crippen molar-refractivity contribution in [1.29, 1.82) is 0 Å². The van der Waals surface area contributed by atoms with E-state index < -0.39 is 0 Å². The van der Waals surface area contributed by atoms with Crippen LogP contribution in [0.3, 0.4) is 0 Å². The Hall–Kier alpha value is -1.13. The van der Waals surface area contributed by atoms with Crippen LogP contribution >= 0.6 is 0 Å². The van der Waals surface area contributed by atoms with Crippen molar-refractivity contribution in [3.8, 4) is 5.88 Å². The molecule has 0 spiro atoms. The number of hydrogen-bond acceptors (Lipinski definition) is 4. The molecule has 0 unspecified atom stereocenters. The largest absolute Gasteiger partial charge is 0.481 e. The number of nitrogens with one attached hydrogen (secondary N) is 1. The summed E-state index contributed by atoms with van der Waals surface area (Å²) in [5.41, 5.74) is 8.22. The second-order valence-corrected chi connectivity index (χ2v) is 4.01. The molecular weight excluding hydrogens is 190 g/mol. The van der Waals surface area contributed by atoms with E-state index in [9.17, 15) is 0 Å². The molecule has 0 aromatic carbocycles. The highest BCUT2D eigenvalue weighted by atomic mass is 16.5. The standard InChI is InChI=1S/C11H17N3O/c1-7-3-8(4-11(14-7)15-2)9-5-13-6-10(9)12/h3-4,9-10,13H,5-6,12H2,1-2H3/t9-,10+/m0/s1. The summed E-state index contributed by atoms with van der Waals surface area (Å²) in [6.07, 6.45) is 0. The van der Waals surface area contributed by atoms with E-state index in [-0.39, 0.29) is 6.04 Å². The summed E-state index contributed by atoms with van der Waals surface area (Å²) in [4.78, 5) is 4.27. The molecular formula is C11H17N3O. The van der Waals surface area contributed by atoms with Gasteiger partial charge in [0.2, 0.25) is 5.88 Å². The lowest BCUT2D eigenvalue weighted by molar-refractivity contribution is 0.395. The van der Waals surface area contributed by atoms with Crippen molar-refractivity contribution in [1.82, 2.24) is 10.3 Å². The van der Waals surface area contributed by atoms with E-state index in [2.05, 4.69) is 16.4 Å². The Kier molecular flexibility index (Phi) is 2.88. The van der Waals surface area contributed by atoms with Crippen LogP contribution in [-0.4, -0.2) is 31.2 Å². The number of nitrogens with two attached hydrogens (primary N) is 1. The highest BCUT2D eigenvalue weighted by molar-refractivity contribution is 5.30. The van der Waals surface area contributed by atoms with Crippen molar-refractivity contribution in [3.05, 3.63) is 23.4 Å². The first-order chi connectivity index (χ1) is 7.20. The molecule has 4 nitrogen and oxygen atoms in total. The van der Waals surface area contributed by atoms with Crippen molar-refractivity contribution >= 4 is 0 Å². The molecule has 2 rings (SSSR count). The Balaban J connectivity index is 2.30. The van der Waals surface area contributed by atoms with E-state index >= 15 is 0 Å². The van der Waals surface area contributed by atoms with E-state index in [1.165, 1.54) is 5.56 Å². The number of ether oxygens (including phenoxy) is 1. The van der Waals surface area contributed by atoms with Gasteiger partial charge in [-0.3, -0.25) is 0 Å². The Morgan fingerprint density at radius 1 is 1.47 bits per heavy atom. The molecule has 1 fully saturated rings. The molecule has 1 aromatic heterocycles. The SMILES string of the molecule is COc1cc([C@@H]2CNC[C@H]2N)cc(C)n1. The Labute approximate surface area is 89.8 Å². The predicted octanol–water partition coefficient (Wildman–Crippen LogP) is 0.413. The first kappa shape index (κ1) is 10.4. The fourth-order valence-corrected chi connectivity index (χ4v) is 2.05. The molecule has 0 saturated carbocycles. The zero-order valence-electron chi connectivity index (χ0n) is 9.16. The van der Waals surface area contributed by atoms with E-state index in [1.807, 2.05) is 13.0 Å². The minimum absolute atomic E-state index is 0.191. The van der Waals surface area contributed by atoms with Crippen LogP contribution in [0, 0.1) is 6.92 Å². The van der Waals surface area contributed by atoms with Gasteiger partial charge in [0, 0.05) is 36.8 Å². The average molecular weight is 207 g/mol. The lowest BCUT2D eigenvalue weighted by Crippen LogP contribution is -2.27. The molecule has 82 valence electrons. The summed E-state index contributed by atoms with van der Waals surface area (Å²) >= 11 is 0. The molecule has 0 radical (unpaired) electrons. The van der Waals surface area contributed by atoms with Gasteiger partial charge in [-0.05, 0) is 18.6 Å². The van der Waals surface area contributed by atoms with Gasteiger partial charge < -0.3 is 15.8 Å². The molecule has 1 saturated heterocycles. The average Bonchev–Trinajstić information content (AvgIpc) is 2.63. The highest BCUT2D eigenvalue weighted by Gasteiger charge is 2.25. The van der Waals surface area contributed by atoms with Crippen LogP contribution < -0.4 is 15.8 Å². The van der Waals surface area contributed by atoms with E-state index in [0.29, 0.717) is 11.8 Å². The van der Waals surface area contributed by atoms with Crippen LogP contribution in [-0.2, 0) is 0 Å². The summed E-state index contributed by atoms with van der Waals surface area (Å²) < 4.78 is 5.16. The Bertz CT molecular complexity index is 354. The fourth-order valence-electron chi connectivity index (χ4n) is 2.05. The van der Waals surface area contributed by atoms with Crippen molar-refractivity contribution in [3.63, 3.8) is 0 Å². The predicted molar refractivity (Wildman–Crippen MR) is 59.1 cm³/mol. The molecule has 1 aliphatic heterocycles. The number of methoxy groups -OCH3 is 1. The smallest absolute Gasteiger partial charge is 0.213 e. The van der Waals surface area contributed by atoms with Gasteiger partial charge in [-0.1, -0.05) is 0 Å². The number of hydrogen-bond donors (Lipinski definition) is 2. The van der Waals surface area contributed by atoms with Gasteiger partial charge in [0.15, 0.2) is 0 Å². The monoisotopic (exact) mass is 207 g/mol. The van der Waals surface area contributed by atoms with Gasteiger partial charge in [0.1, 0.15) is 0 Å². The molecule has 0 bridgehead atoms. The minimum atomic E-state index is 0.191. The normalized spacial score (nSPS) is 25.5. The summed E-state index contributed by atoms with van der Waals surface area (Å²) in [5.74, 6) is 1.05. The quantitative estimate of drug-likeness (QED) is 0.737. The third-order valence-corrected chi connectivity index (χ3v) is 2.85. The van der Waals surface area contributed by atoms with Gasteiger partial charge >= 0.3 is 0 Å². The summed E-state index contributed by atoms with van der Waals surface area (Å²) in [7, 11) is 1.64. The second-order valence-electron chi connectivity index (χ2n) is 4.01. The molecule has 1 aliphatic rings. The number of rotatable bonds is 2. The van der Waals surface area contributed by atoms with Crippen LogP contribution in [0.15, 0.2) is 12.1 Å². The first-order valence-corrected chi connectivity index (χ1v) is 5.19. The zero-order chi connectivity index (χ0) is 10.8. The molecule has 0 amide bonds. The van der Waals surface area contributed by atoms with E-state index in [0.717, 1.165) is 18.8 Å². The maximum Gasteiger partial charge on any atom is 0.213 e. The zero-order valence-corrected chi connectivity index (χ0v) is 9.16. The Morgan fingerprint density at radius 2 is 2.27 bits per heavy atom.